The van der Waals surface area contributed by atoms with E-state index in [2.05, 4.69) is 231 Å². The number of hydrogen-bond donors (Lipinski definition) is 0. The minimum absolute atomic E-state index is 1.20. The van der Waals surface area contributed by atoms with Crippen LogP contribution in [0.5, 0.6) is 0 Å². The standard InChI is InChI=1S/C58H38/c1-3-13-39(14-4-1)49-29-31-53-55(37-49)57(51-23-11-21-45(35-51)47-27-25-41-17-7-9-19-43(41)33-47)54-32-30-50(40-15-5-2-6-16-40)38-56(54)58(53)52-24-12-22-46(36-52)48-28-26-42-18-8-10-20-44(42)34-48/h1-38H. The van der Waals surface area contributed by atoms with Gasteiger partial charge in [0.25, 0.3) is 0 Å². The topological polar surface area (TPSA) is 0 Å². The molecular formula is C58H38. The Morgan fingerprint density at radius 3 is 0.931 bits per heavy atom. The van der Waals surface area contributed by atoms with Crippen molar-refractivity contribution < 1.29 is 0 Å². The van der Waals surface area contributed by atoms with Gasteiger partial charge in [0.2, 0.25) is 0 Å². The smallest absolute Gasteiger partial charge is 0.00259 e. The van der Waals surface area contributed by atoms with Crippen LogP contribution in [0.1, 0.15) is 0 Å². The monoisotopic (exact) mass is 734 g/mol. The molecule has 0 heterocycles. The molecule has 0 heteroatoms. The van der Waals surface area contributed by atoms with E-state index in [4.69, 9.17) is 0 Å². The molecule has 0 radical (unpaired) electrons. The van der Waals surface area contributed by atoms with E-state index < -0.39 is 0 Å². The Bertz CT molecular complexity index is 3090. The molecule has 11 aromatic rings. The molecule has 0 amide bonds. The van der Waals surface area contributed by atoms with E-state index in [-0.39, 0.29) is 0 Å². The fourth-order valence-corrected chi connectivity index (χ4v) is 8.92. The van der Waals surface area contributed by atoms with Crippen molar-refractivity contribution in [3.63, 3.8) is 0 Å². The second kappa shape index (κ2) is 14.2. The third-order valence-electron chi connectivity index (χ3n) is 11.8. The molecule has 0 bridgehead atoms. The number of fused-ring (bicyclic) bond motifs is 4. The summed E-state index contributed by atoms with van der Waals surface area (Å²) >= 11 is 0. The Kier molecular flexibility index (Phi) is 8.26. The minimum Gasteiger partial charge on any atom is -0.0622 e. The largest absolute Gasteiger partial charge is 0.0622 e. The van der Waals surface area contributed by atoms with Crippen molar-refractivity contribution in [3.05, 3.63) is 231 Å². The highest BCUT2D eigenvalue weighted by Gasteiger charge is 2.20. The maximum atomic E-state index is 2.42. The van der Waals surface area contributed by atoms with Gasteiger partial charge < -0.3 is 0 Å². The molecule has 11 rings (SSSR count). The van der Waals surface area contributed by atoms with Gasteiger partial charge in [0.15, 0.2) is 0 Å². The summed E-state index contributed by atoms with van der Waals surface area (Å²) in [4.78, 5) is 0. The fourth-order valence-electron chi connectivity index (χ4n) is 8.92. The van der Waals surface area contributed by atoms with Crippen molar-refractivity contribution in [2.75, 3.05) is 0 Å². The third kappa shape index (κ3) is 6.04. The molecule has 11 aromatic carbocycles. The van der Waals surface area contributed by atoms with E-state index in [1.165, 1.54) is 110 Å². The molecule has 0 unspecified atom stereocenters. The van der Waals surface area contributed by atoms with Crippen LogP contribution in [0, 0.1) is 0 Å². The maximum Gasteiger partial charge on any atom is -0.00259 e. The second-order valence-electron chi connectivity index (χ2n) is 15.3. The summed E-state index contributed by atoms with van der Waals surface area (Å²) < 4.78 is 0. The number of rotatable bonds is 6. The summed E-state index contributed by atoms with van der Waals surface area (Å²) in [7, 11) is 0. The first-order chi connectivity index (χ1) is 28.7. The molecule has 270 valence electrons. The molecule has 0 aliphatic heterocycles. The van der Waals surface area contributed by atoms with Crippen LogP contribution in [-0.4, -0.2) is 0 Å². The Morgan fingerprint density at radius 2 is 0.483 bits per heavy atom. The molecule has 0 aromatic heterocycles. The van der Waals surface area contributed by atoms with Gasteiger partial charge in [-0.25, -0.2) is 0 Å². The first-order valence-electron chi connectivity index (χ1n) is 20.1. The second-order valence-corrected chi connectivity index (χ2v) is 15.3. The SMILES string of the molecule is c1ccc(-c2ccc3c(-c4cccc(-c5ccc6ccccc6c5)c4)c4cc(-c5ccccc5)ccc4c(-c4cccc(-c5ccc6ccccc6c5)c4)c3c2)cc1. The first-order valence-corrected chi connectivity index (χ1v) is 20.1. The summed E-state index contributed by atoms with van der Waals surface area (Å²) in [6.45, 7) is 0. The van der Waals surface area contributed by atoms with Crippen LogP contribution in [0.25, 0.3) is 110 Å². The molecule has 58 heavy (non-hydrogen) atoms. The van der Waals surface area contributed by atoms with Gasteiger partial charge in [0.05, 0.1) is 0 Å². The van der Waals surface area contributed by atoms with Crippen LogP contribution >= 0.6 is 0 Å². The molecule has 0 aliphatic carbocycles. The lowest BCUT2D eigenvalue weighted by molar-refractivity contribution is 1.60. The zero-order valence-electron chi connectivity index (χ0n) is 31.9. The van der Waals surface area contributed by atoms with Gasteiger partial charge in [-0.1, -0.05) is 194 Å². The summed E-state index contributed by atoms with van der Waals surface area (Å²) in [6, 6.07) is 84.8. The van der Waals surface area contributed by atoms with Crippen molar-refractivity contribution in [1.82, 2.24) is 0 Å². The van der Waals surface area contributed by atoms with E-state index in [0.29, 0.717) is 0 Å². The van der Waals surface area contributed by atoms with E-state index in [1.54, 1.807) is 0 Å². The summed E-state index contributed by atoms with van der Waals surface area (Å²) in [5.74, 6) is 0. The van der Waals surface area contributed by atoms with Crippen LogP contribution in [0.4, 0.5) is 0 Å². The lowest BCUT2D eigenvalue weighted by Gasteiger charge is -2.20. The van der Waals surface area contributed by atoms with Crippen LogP contribution < -0.4 is 0 Å². The van der Waals surface area contributed by atoms with Gasteiger partial charge in [0, 0.05) is 0 Å². The van der Waals surface area contributed by atoms with Crippen molar-refractivity contribution in [2.45, 2.75) is 0 Å². The predicted octanol–water partition coefficient (Wildman–Crippen LogP) is 16.3. The molecular weight excluding hydrogens is 697 g/mol. The molecule has 0 N–H and O–H groups in total. The van der Waals surface area contributed by atoms with E-state index in [1.807, 2.05) is 0 Å². The van der Waals surface area contributed by atoms with Gasteiger partial charge in [-0.05, 0) is 146 Å². The van der Waals surface area contributed by atoms with Crippen molar-refractivity contribution in [1.29, 1.82) is 0 Å². The van der Waals surface area contributed by atoms with Gasteiger partial charge in [-0.2, -0.15) is 0 Å². The number of hydrogen-bond acceptors (Lipinski definition) is 0. The Hall–Kier alpha value is -7.54. The van der Waals surface area contributed by atoms with Crippen LogP contribution in [0.15, 0.2) is 231 Å². The molecule has 0 aliphatic rings. The molecule has 0 atom stereocenters. The molecule has 0 saturated heterocycles. The van der Waals surface area contributed by atoms with Gasteiger partial charge in [0.1, 0.15) is 0 Å². The summed E-state index contributed by atoms with van der Waals surface area (Å²) in [6.07, 6.45) is 0. The molecule has 0 nitrogen and oxygen atoms in total. The molecule has 0 spiro atoms. The van der Waals surface area contributed by atoms with E-state index in [0.717, 1.165) is 0 Å². The Labute approximate surface area is 339 Å². The van der Waals surface area contributed by atoms with Crippen LogP contribution in [-0.2, 0) is 0 Å². The highest BCUT2D eigenvalue weighted by atomic mass is 14.2. The summed E-state index contributed by atoms with van der Waals surface area (Å²) in [5, 5.41) is 9.95. The lowest BCUT2D eigenvalue weighted by atomic mass is 9.83. The quantitative estimate of drug-likeness (QED) is 0.149. The Morgan fingerprint density at radius 1 is 0.155 bits per heavy atom. The van der Waals surface area contributed by atoms with Crippen LogP contribution in [0.3, 0.4) is 0 Å². The number of benzene rings is 11. The minimum atomic E-state index is 1.20. The van der Waals surface area contributed by atoms with Gasteiger partial charge in [-0.3, -0.25) is 0 Å². The van der Waals surface area contributed by atoms with Gasteiger partial charge >= 0.3 is 0 Å². The zero-order valence-corrected chi connectivity index (χ0v) is 31.9. The molecule has 0 fully saturated rings. The Balaban J connectivity index is 1.20. The van der Waals surface area contributed by atoms with Crippen molar-refractivity contribution in [2.24, 2.45) is 0 Å². The third-order valence-corrected chi connectivity index (χ3v) is 11.8. The maximum absolute atomic E-state index is 2.42. The highest BCUT2D eigenvalue weighted by molar-refractivity contribution is 6.22. The predicted molar refractivity (Wildman–Crippen MR) is 249 cm³/mol. The highest BCUT2D eigenvalue weighted by Crippen LogP contribution is 2.47. The van der Waals surface area contributed by atoms with Gasteiger partial charge in [-0.15, -0.1) is 0 Å². The van der Waals surface area contributed by atoms with Crippen LogP contribution in [0.2, 0.25) is 0 Å². The van der Waals surface area contributed by atoms with E-state index >= 15 is 0 Å². The first kappa shape index (κ1) is 33.8. The zero-order chi connectivity index (χ0) is 38.4. The van der Waals surface area contributed by atoms with Crippen molar-refractivity contribution in [3.8, 4) is 66.8 Å². The van der Waals surface area contributed by atoms with Crippen molar-refractivity contribution >= 4 is 43.1 Å². The molecule has 0 saturated carbocycles. The average Bonchev–Trinajstić information content (AvgIpc) is 3.30. The summed E-state index contributed by atoms with van der Waals surface area (Å²) in [5.41, 5.74) is 14.6. The average molecular weight is 735 g/mol. The fraction of sp³-hybridized carbons (Fsp3) is 0. The lowest BCUT2D eigenvalue weighted by Crippen LogP contribution is -1.93. The van der Waals surface area contributed by atoms with E-state index in [9.17, 15) is 0 Å². The normalized spacial score (nSPS) is 11.4.